The zero-order valence-electron chi connectivity index (χ0n) is 8.47. The highest BCUT2D eigenvalue weighted by molar-refractivity contribution is 6.21. The molecule has 1 fully saturated rings. The Labute approximate surface area is 93.4 Å². The monoisotopic (exact) mass is 237 g/mol. The van der Waals surface area contributed by atoms with Crippen molar-refractivity contribution in [2.45, 2.75) is 43.1 Å². The topological polar surface area (TPSA) is 78.8 Å². The molecule has 0 bridgehead atoms. The SMILES string of the molecule is CC(Cl)C(NC=O)C1OCCC(O)C1O. The molecule has 0 aromatic rings. The van der Waals surface area contributed by atoms with Crippen LogP contribution in [0.5, 0.6) is 0 Å². The van der Waals surface area contributed by atoms with E-state index in [1.165, 1.54) is 0 Å². The predicted molar refractivity (Wildman–Crippen MR) is 54.7 cm³/mol. The maximum absolute atomic E-state index is 10.4. The molecule has 0 saturated carbocycles. The number of amides is 1. The zero-order chi connectivity index (χ0) is 11.4. The molecule has 5 atom stereocenters. The van der Waals surface area contributed by atoms with Gasteiger partial charge in [0.25, 0.3) is 0 Å². The largest absolute Gasteiger partial charge is 0.390 e. The van der Waals surface area contributed by atoms with Crippen molar-refractivity contribution in [2.24, 2.45) is 0 Å². The number of aliphatic hydroxyl groups excluding tert-OH is 2. The van der Waals surface area contributed by atoms with Crippen LogP contribution in [0.25, 0.3) is 0 Å². The highest BCUT2D eigenvalue weighted by atomic mass is 35.5. The van der Waals surface area contributed by atoms with E-state index < -0.39 is 24.4 Å². The lowest BCUT2D eigenvalue weighted by molar-refractivity contribution is -0.147. The van der Waals surface area contributed by atoms with Gasteiger partial charge in [-0.1, -0.05) is 0 Å². The Hall–Kier alpha value is -0.360. The molecule has 0 aromatic heterocycles. The molecule has 1 aliphatic rings. The van der Waals surface area contributed by atoms with Crippen molar-refractivity contribution in [3.8, 4) is 0 Å². The normalized spacial score (nSPS) is 35.6. The Morgan fingerprint density at radius 3 is 2.80 bits per heavy atom. The lowest BCUT2D eigenvalue weighted by Gasteiger charge is -2.37. The minimum absolute atomic E-state index is 0.351. The summed E-state index contributed by atoms with van der Waals surface area (Å²) < 4.78 is 5.32. The number of carbonyl (C=O) groups is 1. The highest BCUT2D eigenvalue weighted by Crippen LogP contribution is 2.21. The summed E-state index contributed by atoms with van der Waals surface area (Å²) in [7, 11) is 0. The summed E-state index contributed by atoms with van der Waals surface area (Å²) >= 11 is 5.87. The molecule has 1 rings (SSSR count). The van der Waals surface area contributed by atoms with Gasteiger partial charge in [0, 0.05) is 6.61 Å². The van der Waals surface area contributed by atoms with Crippen LogP contribution < -0.4 is 5.32 Å². The van der Waals surface area contributed by atoms with Crippen molar-refractivity contribution < 1.29 is 19.7 Å². The third-order valence-corrected chi connectivity index (χ3v) is 2.84. The van der Waals surface area contributed by atoms with Gasteiger partial charge in [0.05, 0.1) is 17.5 Å². The van der Waals surface area contributed by atoms with Crippen LogP contribution in [0, 0.1) is 0 Å². The molecule has 5 nitrogen and oxygen atoms in total. The first-order valence-electron chi connectivity index (χ1n) is 4.89. The fourth-order valence-corrected chi connectivity index (χ4v) is 1.91. The molecule has 1 heterocycles. The third kappa shape index (κ3) is 3.04. The van der Waals surface area contributed by atoms with Gasteiger partial charge in [0.2, 0.25) is 6.41 Å². The van der Waals surface area contributed by atoms with E-state index in [1.807, 2.05) is 0 Å². The van der Waals surface area contributed by atoms with E-state index in [4.69, 9.17) is 16.3 Å². The number of halogens is 1. The van der Waals surface area contributed by atoms with Crippen LogP contribution in [0.1, 0.15) is 13.3 Å². The van der Waals surface area contributed by atoms with Gasteiger partial charge in [-0.25, -0.2) is 0 Å². The Morgan fingerprint density at radius 2 is 2.27 bits per heavy atom. The minimum Gasteiger partial charge on any atom is -0.390 e. The number of carbonyl (C=O) groups excluding carboxylic acids is 1. The van der Waals surface area contributed by atoms with Gasteiger partial charge >= 0.3 is 0 Å². The summed E-state index contributed by atoms with van der Waals surface area (Å²) in [5.41, 5.74) is 0. The lowest BCUT2D eigenvalue weighted by Crippen LogP contribution is -2.57. The standard InChI is InChI=1S/C9H16ClNO4/c1-5(10)7(11-4-12)9-8(14)6(13)2-3-15-9/h4-9,13-14H,2-3H2,1H3,(H,11,12). The Balaban J connectivity index is 2.68. The van der Waals surface area contributed by atoms with Crippen LogP contribution in [0.2, 0.25) is 0 Å². The highest BCUT2D eigenvalue weighted by Gasteiger charge is 2.38. The maximum Gasteiger partial charge on any atom is 0.207 e. The molecule has 1 saturated heterocycles. The summed E-state index contributed by atoms with van der Waals surface area (Å²) in [6, 6.07) is -0.505. The first-order chi connectivity index (χ1) is 7.07. The molecule has 0 radical (unpaired) electrons. The van der Waals surface area contributed by atoms with Crippen molar-refractivity contribution in [1.29, 1.82) is 0 Å². The van der Waals surface area contributed by atoms with Crippen LogP contribution in [0.3, 0.4) is 0 Å². The maximum atomic E-state index is 10.4. The van der Waals surface area contributed by atoms with Gasteiger partial charge < -0.3 is 20.3 Å². The van der Waals surface area contributed by atoms with Gasteiger partial charge in [-0.3, -0.25) is 4.79 Å². The summed E-state index contributed by atoms with van der Waals surface area (Å²) in [5, 5.41) is 21.3. The average molecular weight is 238 g/mol. The van der Waals surface area contributed by atoms with Crippen LogP contribution >= 0.6 is 11.6 Å². The number of alkyl halides is 1. The molecular formula is C9H16ClNO4. The van der Waals surface area contributed by atoms with Crippen LogP contribution in [-0.4, -0.2) is 53.0 Å². The van der Waals surface area contributed by atoms with Gasteiger partial charge in [-0.2, -0.15) is 0 Å². The fraction of sp³-hybridized carbons (Fsp3) is 0.889. The van der Waals surface area contributed by atoms with E-state index in [-0.39, 0.29) is 5.38 Å². The first-order valence-corrected chi connectivity index (χ1v) is 5.33. The second kappa shape index (κ2) is 5.65. The van der Waals surface area contributed by atoms with Crippen LogP contribution in [0.4, 0.5) is 0 Å². The number of aliphatic hydroxyl groups is 2. The van der Waals surface area contributed by atoms with E-state index >= 15 is 0 Å². The number of ether oxygens (including phenoxy) is 1. The third-order valence-electron chi connectivity index (χ3n) is 2.56. The molecule has 1 aliphatic heterocycles. The summed E-state index contributed by atoms with van der Waals surface area (Å²) in [4.78, 5) is 10.4. The van der Waals surface area contributed by atoms with Crippen molar-refractivity contribution in [3.63, 3.8) is 0 Å². The molecule has 15 heavy (non-hydrogen) atoms. The van der Waals surface area contributed by atoms with Crippen molar-refractivity contribution in [2.75, 3.05) is 6.61 Å². The molecule has 0 spiro atoms. The van der Waals surface area contributed by atoms with E-state index in [9.17, 15) is 15.0 Å². The Bertz CT molecular complexity index is 214. The summed E-state index contributed by atoms with van der Waals surface area (Å²) in [5.74, 6) is 0. The van der Waals surface area contributed by atoms with E-state index in [0.717, 1.165) is 0 Å². The van der Waals surface area contributed by atoms with Gasteiger partial charge in [-0.05, 0) is 13.3 Å². The lowest BCUT2D eigenvalue weighted by atomic mass is 9.95. The molecule has 5 unspecified atom stereocenters. The quantitative estimate of drug-likeness (QED) is 0.444. The molecule has 1 amide bonds. The second-order valence-electron chi connectivity index (χ2n) is 3.67. The Morgan fingerprint density at radius 1 is 1.60 bits per heavy atom. The average Bonchev–Trinajstić information content (AvgIpc) is 2.19. The summed E-state index contributed by atoms with van der Waals surface area (Å²) in [6.45, 7) is 2.04. The number of hydrogen-bond donors (Lipinski definition) is 3. The van der Waals surface area contributed by atoms with E-state index in [2.05, 4.69) is 5.32 Å². The predicted octanol–water partition coefficient (Wildman–Crippen LogP) is -0.761. The molecule has 3 N–H and O–H groups in total. The number of hydrogen-bond acceptors (Lipinski definition) is 4. The molecule has 0 aliphatic carbocycles. The minimum atomic E-state index is -1.02. The van der Waals surface area contributed by atoms with E-state index in [0.29, 0.717) is 19.4 Å². The molecular weight excluding hydrogens is 222 g/mol. The fourth-order valence-electron chi connectivity index (χ4n) is 1.70. The zero-order valence-corrected chi connectivity index (χ0v) is 9.22. The van der Waals surface area contributed by atoms with Gasteiger partial charge in [-0.15, -0.1) is 11.6 Å². The molecule has 0 aromatic carbocycles. The smallest absolute Gasteiger partial charge is 0.207 e. The van der Waals surface area contributed by atoms with Crippen LogP contribution in [-0.2, 0) is 9.53 Å². The molecule has 6 heteroatoms. The van der Waals surface area contributed by atoms with Gasteiger partial charge in [0.1, 0.15) is 12.2 Å². The molecule has 88 valence electrons. The number of nitrogens with one attached hydrogen (secondary N) is 1. The summed E-state index contributed by atoms with van der Waals surface area (Å²) in [6.07, 6.45) is -1.60. The van der Waals surface area contributed by atoms with Crippen molar-refractivity contribution in [3.05, 3.63) is 0 Å². The van der Waals surface area contributed by atoms with Crippen LogP contribution in [0.15, 0.2) is 0 Å². The number of rotatable bonds is 4. The first kappa shape index (κ1) is 12.7. The van der Waals surface area contributed by atoms with Crippen molar-refractivity contribution >= 4 is 18.0 Å². The van der Waals surface area contributed by atoms with Gasteiger partial charge in [0.15, 0.2) is 0 Å². The van der Waals surface area contributed by atoms with Crippen molar-refractivity contribution in [1.82, 2.24) is 5.32 Å². The Kier molecular flexibility index (Phi) is 4.79. The second-order valence-corrected chi connectivity index (χ2v) is 4.36. The van der Waals surface area contributed by atoms with E-state index in [1.54, 1.807) is 6.92 Å².